The van der Waals surface area contributed by atoms with Crippen molar-refractivity contribution in [1.82, 2.24) is 15.0 Å². The van der Waals surface area contributed by atoms with Crippen molar-refractivity contribution in [3.63, 3.8) is 0 Å². The van der Waals surface area contributed by atoms with Crippen LogP contribution in [0.5, 0.6) is 0 Å². The highest BCUT2D eigenvalue weighted by molar-refractivity contribution is 6.41. The van der Waals surface area contributed by atoms with E-state index in [4.69, 9.17) is 23.2 Å². The number of rotatable bonds is 1. The average Bonchev–Trinajstić information content (AvgIpc) is 2.90. The number of hydrogen-bond acceptors (Lipinski definition) is 2. The Morgan fingerprint density at radius 1 is 0.857 bits per heavy atom. The highest BCUT2D eigenvalue weighted by Gasteiger charge is 2.10. The quantitative estimate of drug-likeness (QED) is 0.497. The highest BCUT2D eigenvalue weighted by atomic mass is 35.5. The number of nitrogens with one attached hydrogen (secondary N) is 1. The third-order valence-electron chi connectivity index (χ3n) is 3.41. The summed E-state index contributed by atoms with van der Waals surface area (Å²) in [7, 11) is 0. The molecule has 2 heterocycles. The van der Waals surface area contributed by atoms with Gasteiger partial charge in [0, 0.05) is 5.56 Å². The van der Waals surface area contributed by atoms with Crippen LogP contribution in [0.15, 0.2) is 48.5 Å². The van der Waals surface area contributed by atoms with Crippen LogP contribution < -0.4 is 0 Å². The van der Waals surface area contributed by atoms with Crippen LogP contribution in [0.1, 0.15) is 0 Å². The minimum Gasteiger partial charge on any atom is -0.337 e. The Hall–Kier alpha value is -2.10. The van der Waals surface area contributed by atoms with Gasteiger partial charge in [-0.25, -0.2) is 9.97 Å². The Morgan fingerprint density at radius 3 is 2.52 bits per heavy atom. The van der Waals surface area contributed by atoms with Crippen LogP contribution in [-0.4, -0.2) is 15.0 Å². The van der Waals surface area contributed by atoms with E-state index in [2.05, 4.69) is 39.2 Å². The first kappa shape index (κ1) is 12.6. The van der Waals surface area contributed by atoms with Crippen molar-refractivity contribution in [2.24, 2.45) is 0 Å². The van der Waals surface area contributed by atoms with Gasteiger partial charge in [0.1, 0.15) is 11.0 Å². The van der Waals surface area contributed by atoms with E-state index in [9.17, 15) is 0 Å². The maximum absolute atomic E-state index is 5.98. The minimum atomic E-state index is 0.265. The number of benzene rings is 2. The van der Waals surface area contributed by atoms with E-state index in [-0.39, 0.29) is 5.15 Å². The Balaban J connectivity index is 1.91. The van der Waals surface area contributed by atoms with Crippen LogP contribution in [0.4, 0.5) is 0 Å². The largest absolute Gasteiger partial charge is 0.337 e. The topological polar surface area (TPSA) is 41.6 Å². The maximum atomic E-state index is 5.98. The highest BCUT2D eigenvalue weighted by Crippen LogP contribution is 2.27. The van der Waals surface area contributed by atoms with E-state index in [0.717, 1.165) is 16.9 Å². The molecule has 0 amide bonds. The summed E-state index contributed by atoms with van der Waals surface area (Å²) in [6.07, 6.45) is 0. The molecule has 4 aromatic rings. The lowest BCUT2D eigenvalue weighted by Gasteiger charge is -2.00. The predicted octanol–water partition coefficient (Wildman–Crippen LogP) is 5.08. The number of imidazole rings is 1. The molecule has 0 spiro atoms. The van der Waals surface area contributed by atoms with E-state index in [0.29, 0.717) is 10.7 Å². The fourth-order valence-corrected chi connectivity index (χ4v) is 2.66. The van der Waals surface area contributed by atoms with Gasteiger partial charge in [0.05, 0.1) is 10.5 Å². The summed E-state index contributed by atoms with van der Waals surface area (Å²) in [4.78, 5) is 11.9. The van der Waals surface area contributed by atoms with Crippen LogP contribution in [0.2, 0.25) is 10.2 Å². The van der Waals surface area contributed by atoms with Gasteiger partial charge < -0.3 is 4.98 Å². The van der Waals surface area contributed by atoms with E-state index in [1.165, 1.54) is 10.8 Å². The van der Waals surface area contributed by atoms with Gasteiger partial charge in [0.25, 0.3) is 0 Å². The van der Waals surface area contributed by atoms with Crippen molar-refractivity contribution < 1.29 is 0 Å². The number of fused-ring (bicyclic) bond motifs is 2. The van der Waals surface area contributed by atoms with Crippen molar-refractivity contribution in [3.8, 4) is 11.4 Å². The third kappa shape index (κ3) is 2.15. The Kier molecular flexibility index (Phi) is 2.84. The second-order valence-electron chi connectivity index (χ2n) is 4.78. The number of aromatic amines is 1. The molecule has 1 N–H and O–H groups in total. The van der Waals surface area contributed by atoms with Gasteiger partial charge in [0.2, 0.25) is 0 Å². The van der Waals surface area contributed by atoms with Crippen LogP contribution in [0.3, 0.4) is 0 Å². The van der Waals surface area contributed by atoms with Gasteiger partial charge in [-0.05, 0) is 22.9 Å². The fourth-order valence-electron chi connectivity index (χ4n) is 2.37. The molecule has 0 aliphatic heterocycles. The molecule has 102 valence electrons. The number of hydrogen-bond donors (Lipinski definition) is 1. The minimum absolute atomic E-state index is 0.265. The van der Waals surface area contributed by atoms with E-state index in [1.54, 1.807) is 6.07 Å². The molecule has 5 heteroatoms. The van der Waals surface area contributed by atoms with Crippen LogP contribution in [0.25, 0.3) is 33.3 Å². The number of aromatic nitrogens is 3. The number of nitrogens with zero attached hydrogens (tertiary/aromatic N) is 2. The third-order valence-corrected chi connectivity index (χ3v) is 4.08. The molecular formula is C16H9Cl2N3. The summed E-state index contributed by atoms with van der Waals surface area (Å²) in [6, 6.07) is 16.1. The lowest BCUT2D eigenvalue weighted by Crippen LogP contribution is -1.81. The van der Waals surface area contributed by atoms with Crippen molar-refractivity contribution >= 4 is 45.1 Å². The number of pyridine rings is 1. The molecule has 21 heavy (non-hydrogen) atoms. The summed E-state index contributed by atoms with van der Waals surface area (Å²) in [5.74, 6) is 0.751. The first-order valence-corrected chi connectivity index (χ1v) is 7.17. The fraction of sp³-hybridized carbons (Fsp3) is 0. The first-order chi connectivity index (χ1) is 10.2. The van der Waals surface area contributed by atoms with Gasteiger partial charge >= 0.3 is 0 Å². The molecule has 0 saturated heterocycles. The van der Waals surface area contributed by atoms with Crippen LogP contribution >= 0.6 is 23.2 Å². The van der Waals surface area contributed by atoms with Crippen molar-refractivity contribution in [2.75, 3.05) is 0 Å². The molecular weight excluding hydrogens is 305 g/mol. The summed E-state index contributed by atoms with van der Waals surface area (Å²) >= 11 is 11.9. The van der Waals surface area contributed by atoms with E-state index < -0.39 is 0 Å². The molecule has 2 aromatic heterocycles. The molecule has 4 rings (SSSR count). The van der Waals surface area contributed by atoms with Gasteiger partial charge in [-0.1, -0.05) is 59.6 Å². The summed E-state index contributed by atoms with van der Waals surface area (Å²) in [5.41, 5.74) is 2.33. The van der Waals surface area contributed by atoms with Crippen molar-refractivity contribution in [2.45, 2.75) is 0 Å². The molecule has 0 unspecified atom stereocenters. The molecule has 3 nitrogen and oxygen atoms in total. The molecule has 0 saturated carbocycles. The SMILES string of the molecule is Clc1cc2[nH]c(-c3ccc4ccccc4c3)nc2nc1Cl. The van der Waals surface area contributed by atoms with E-state index >= 15 is 0 Å². The number of H-pyrrole nitrogens is 1. The second kappa shape index (κ2) is 4.72. The molecule has 2 aromatic carbocycles. The monoisotopic (exact) mass is 313 g/mol. The van der Waals surface area contributed by atoms with Gasteiger partial charge in [-0.3, -0.25) is 0 Å². The van der Waals surface area contributed by atoms with Crippen LogP contribution in [-0.2, 0) is 0 Å². The summed E-state index contributed by atoms with van der Waals surface area (Å²) in [5, 5.41) is 3.04. The van der Waals surface area contributed by atoms with Gasteiger partial charge in [-0.2, -0.15) is 0 Å². The average molecular weight is 314 g/mol. The Bertz CT molecular complexity index is 937. The number of halogens is 2. The first-order valence-electron chi connectivity index (χ1n) is 6.42. The zero-order chi connectivity index (χ0) is 14.4. The van der Waals surface area contributed by atoms with Crippen LogP contribution in [0, 0.1) is 0 Å². The molecule has 0 radical (unpaired) electrons. The van der Waals surface area contributed by atoms with Gasteiger partial charge in [0.15, 0.2) is 5.65 Å². The smallest absolute Gasteiger partial charge is 0.179 e. The molecule has 0 fully saturated rings. The van der Waals surface area contributed by atoms with Crippen molar-refractivity contribution in [3.05, 3.63) is 58.7 Å². The Morgan fingerprint density at radius 2 is 1.67 bits per heavy atom. The predicted molar refractivity (Wildman–Crippen MR) is 86.9 cm³/mol. The lowest BCUT2D eigenvalue weighted by atomic mass is 10.1. The molecule has 0 aliphatic carbocycles. The zero-order valence-corrected chi connectivity index (χ0v) is 12.3. The standard InChI is InChI=1S/C16H9Cl2N3/c17-12-8-13-16(20-14(12)18)21-15(19-13)11-6-5-9-3-1-2-4-10(9)7-11/h1-8H,(H,19,20,21). The van der Waals surface area contributed by atoms with Gasteiger partial charge in [-0.15, -0.1) is 0 Å². The molecule has 0 atom stereocenters. The summed E-state index contributed by atoms with van der Waals surface area (Å²) in [6.45, 7) is 0. The molecule has 0 bridgehead atoms. The van der Waals surface area contributed by atoms with Crippen molar-refractivity contribution in [1.29, 1.82) is 0 Å². The second-order valence-corrected chi connectivity index (χ2v) is 5.54. The Labute approximate surface area is 130 Å². The zero-order valence-electron chi connectivity index (χ0n) is 10.8. The summed E-state index contributed by atoms with van der Waals surface area (Å²) < 4.78 is 0. The normalized spacial score (nSPS) is 11.3. The maximum Gasteiger partial charge on any atom is 0.179 e. The molecule has 0 aliphatic rings. The van der Waals surface area contributed by atoms with E-state index in [1.807, 2.05) is 18.2 Å². The lowest BCUT2D eigenvalue weighted by molar-refractivity contribution is 1.30.